The zero-order chi connectivity index (χ0) is 23.0. The molecular weight excluding hydrogens is 454 g/mol. The molecule has 168 valence electrons. The van der Waals surface area contributed by atoms with E-state index in [4.69, 9.17) is 21.1 Å². The van der Waals surface area contributed by atoms with Crippen LogP contribution < -0.4 is 15.0 Å². The Morgan fingerprint density at radius 2 is 1.75 bits per heavy atom. The molecule has 2 aliphatic heterocycles. The SMILES string of the molecule is COc1cc(-n2cc3[nH]n(-c4ccc(Cl)cc4)cc-3c2=O)ccc1OCC(C)S(C)(=O)=O. The van der Waals surface area contributed by atoms with Crippen LogP contribution in [-0.4, -0.2) is 48.0 Å². The third-order valence-corrected chi connectivity index (χ3v) is 7.08. The Kier molecular flexibility index (Phi) is 5.79. The highest BCUT2D eigenvalue weighted by molar-refractivity contribution is 7.91. The highest BCUT2D eigenvalue weighted by Crippen LogP contribution is 2.31. The molecular formula is C22H22ClN3O5S. The summed E-state index contributed by atoms with van der Waals surface area (Å²) in [6.07, 6.45) is 4.62. The second-order valence-corrected chi connectivity index (χ2v) is 10.4. The van der Waals surface area contributed by atoms with Gasteiger partial charge in [0.05, 0.1) is 35.0 Å². The molecule has 0 aliphatic carbocycles. The molecule has 0 aromatic heterocycles. The maximum absolute atomic E-state index is 13.0. The minimum absolute atomic E-state index is 0.00141. The van der Waals surface area contributed by atoms with E-state index in [0.29, 0.717) is 33.5 Å². The molecule has 0 radical (unpaired) electrons. The lowest BCUT2D eigenvalue weighted by Gasteiger charge is -2.15. The van der Waals surface area contributed by atoms with E-state index < -0.39 is 15.1 Å². The molecule has 2 heterocycles. The number of rotatable bonds is 7. The predicted molar refractivity (Wildman–Crippen MR) is 124 cm³/mol. The molecule has 0 amide bonds. The van der Waals surface area contributed by atoms with E-state index in [-0.39, 0.29) is 12.2 Å². The number of nitrogens with one attached hydrogen (secondary N) is 1. The zero-order valence-corrected chi connectivity index (χ0v) is 19.3. The van der Waals surface area contributed by atoms with Gasteiger partial charge in [0.25, 0.3) is 5.56 Å². The number of hydrogen-bond acceptors (Lipinski definition) is 5. The molecule has 2 aromatic carbocycles. The molecule has 0 spiro atoms. The van der Waals surface area contributed by atoms with Gasteiger partial charge in [0.1, 0.15) is 6.61 Å². The van der Waals surface area contributed by atoms with Gasteiger partial charge in [-0.15, -0.1) is 0 Å². The average Bonchev–Trinajstić information content (AvgIpc) is 3.31. The van der Waals surface area contributed by atoms with Gasteiger partial charge < -0.3 is 9.47 Å². The van der Waals surface area contributed by atoms with E-state index >= 15 is 0 Å². The van der Waals surface area contributed by atoms with E-state index in [1.165, 1.54) is 17.9 Å². The Bertz CT molecular complexity index is 1390. The molecule has 10 heteroatoms. The topological polar surface area (TPSA) is 95.3 Å². The summed E-state index contributed by atoms with van der Waals surface area (Å²) in [5.74, 6) is 0.800. The molecule has 4 rings (SSSR count). The van der Waals surface area contributed by atoms with Crippen LogP contribution in [0.2, 0.25) is 5.02 Å². The van der Waals surface area contributed by atoms with Gasteiger partial charge in [-0.3, -0.25) is 19.1 Å². The van der Waals surface area contributed by atoms with Gasteiger partial charge in [-0.2, -0.15) is 0 Å². The first-order valence-electron chi connectivity index (χ1n) is 9.76. The van der Waals surface area contributed by atoms with Crippen LogP contribution in [0.5, 0.6) is 11.5 Å². The summed E-state index contributed by atoms with van der Waals surface area (Å²) in [4.78, 5) is 13.0. The van der Waals surface area contributed by atoms with Crippen LogP contribution in [0.25, 0.3) is 22.6 Å². The number of halogens is 1. The fourth-order valence-corrected chi connectivity index (χ4v) is 3.64. The van der Waals surface area contributed by atoms with Crippen LogP contribution in [-0.2, 0) is 9.84 Å². The minimum Gasteiger partial charge on any atom is -0.493 e. The lowest BCUT2D eigenvalue weighted by molar-refractivity contribution is 0.295. The van der Waals surface area contributed by atoms with E-state index in [2.05, 4.69) is 5.10 Å². The number of aromatic amines is 1. The van der Waals surface area contributed by atoms with E-state index in [1.54, 1.807) is 54.3 Å². The molecule has 2 aromatic rings. The Hall–Kier alpha value is -3.17. The third-order valence-electron chi connectivity index (χ3n) is 5.23. The quantitative estimate of drug-likeness (QED) is 0.441. The number of sulfone groups is 1. The summed E-state index contributed by atoms with van der Waals surface area (Å²) in [6, 6.07) is 12.3. The van der Waals surface area contributed by atoms with Gasteiger partial charge in [-0.25, -0.2) is 8.42 Å². The van der Waals surface area contributed by atoms with Crippen molar-refractivity contribution < 1.29 is 17.9 Å². The highest BCUT2D eigenvalue weighted by atomic mass is 35.5. The number of fused-ring (bicyclic) bond motifs is 1. The summed E-state index contributed by atoms with van der Waals surface area (Å²) in [5.41, 5.74) is 2.46. The fraction of sp³-hybridized carbons (Fsp3) is 0.227. The normalized spacial score (nSPS) is 12.8. The van der Waals surface area contributed by atoms with Gasteiger partial charge in [0.15, 0.2) is 21.3 Å². The van der Waals surface area contributed by atoms with Crippen LogP contribution in [0.3, 0.4) is 0 Å². The number of hydrogen-bond donors (Lipinski definition) is 1. The Morgan fingerprint density at radius 1 is 1.06 bits per heavy atom. The molecule has 0 saturated heterocycles. The first kappa shape index (κ1) is 22.0. The number of ether oxygens (including phenoxy) is 2. The van der Waals surface area contributed by atoms with Crippen LogP contribution in [0, 0.1) is 0 Å². The van der Waals surface area contributed by atoms with Crippen LogP contribution in [0.1, 0.15) is 6.92 Å². The summed E-state index contributed by atoms with van der Waals surface area (Å²) in [6.45, 7) is 1.58. The van der Waals surface area contributed by atoms with Crippen molar-refractivity contribution in [3.8, 4) is 34.1 Å². The summed E-state index contributed by atoms with van der Waals surface area (Å²) >= 11 is 5.94. The first-order valence-corrected chi connectivity index (χ1v) is 12.1. The number of nitrogens with zero attached hydrogens (tertiary/aromatic N) is 2. The van der Waals surface area contributed by atoms with Crippen molar-refractivity contribution in [3.05, 3.63) is 70.2 Å². The summed E-state index contributed by atoms with van der Waals surface area (Å²) in [7, 11) is -1.72. The van der Waals surface area contributed by atoms with Crippen molar-refractivity contribution in [1.82, 2.24) is 14.3 Å². The van der Waals surface area contributed by atoms with Gasteiger partial charge >= 0.3 is 0 Å². The van der Waals surface area contributed by atoms with Gasteiger partial charge in [0, 0.05) is 29.7 Å². The van der Waals surface area contributed by atoms with E-state index in [9.17, 15) is 13.2 Å². The molecule has 0 fully saturated rings. The Morgan fingerprint density at radius 3 is 2.38 bits per heavy atom. The smallest absolute Gasteiger partial charge is 0.266 e. The molecule has 0 saturated carbocycles. The van der Waals surface area contributed by atoms with Crippen LogP contribution in [0.15, 0.2) is 59.7 Å². The average molecular weight is 476 g/mol. The second-order valence-electron chi connectivity index (χ2n) is 7.51. The highest BCUT2D eigenvalue weighted by Gasteiger charge is 2.20. The Balaban J connectivity index is 1.63. The van der Waals surface area contributed by atoms with E-state index in [0.717, 1.165) is 5.69 Å². The largest absolute Gasteiger partial charge is 0.493 e. The van der Waals surface area contributed by atoms with Crippen LogP contribution in [0.4, 0.5) is 0 Å². The lowest BCUT2D eigenvalue weighted by Crippen LogP contribution is -2.23. The van der Waals surface area contributed by atoms with Crippen molar-refractivity contribution >= 4 is 21.4 Å². The van der Waals surface area contributed by atoms with Crippen molar-refractivity contribution in [2.45, 2.75) is 12.2 Å². The number of benzene rings is 2. The number of methoxy groups -OCH3 is 1. The standard InChI is InChI=1S/C22H22ClN3O5S/c1-14(32(3,28)29)13-31-20-9-8-17(10-21(20)30-2)25-12-19-18(22(25)27)11-26(24-19)16-6-4-15(23)5-7-16/h4-12,14,24H,13H2,1-3H3. The molecule has 1 atom stereocenters. The van der Waals surface area contributed by atoms with Crippen molar-refractivity contribution in [2.75, 3.05) is 20.0 Å². The van der Waals surface area contributed by atoms with E-state index in [1.807, 2.05) is 12.1 Å². The monoisotopic (exact) mass is 475 g/mol. The molecule has 0 bridgehead atoms. The maximum atomic E-state index is 13.0. The predicted octanol–water partition coefficient (Wildman–Crippen LogP) is 3.54. The third kappa shape index (κ3) is 4.26. The number of H-pyrrole nitrogens is 1. The molecule has 1 N–H and O–H groups in total. The second kappa shape index (κ2) is 8.40. The lowest BCUT2D eigenvalue weighted by atomic mass is 10.2. The van der Waals surface area contributed by atoms with Gasteiger partial charge in [-0.05, 0) is 43.3 Å². The van der Waals surface area contributed by atoms with Crippen molar-refractivity contribution in [1.29, 1.82) is 0 Å². The Labute approximate surface area is 190 Å². The molecule has 8 nitrogen and oxygen atoms in total. The van der Waals surface area contributed by atoms with Crippen molar-refractivity contribution in [3.63, 3.8) is 0 Å². The molecule has 2 aliphatic rings. The zero-order valence-electron chi connectivity index (χ0n) is 17.7. The summed E-state index contributed by atoms with van der Waals surface area (Å²) in [5, 5.41) is 3.17. The maximum Gasteiger partial charge on any atom is 0.266 e. The fourth-order valence-electron chi connectivity index (χ4n) is 3.20. The van der Waals surface area contributed by atoms with Gasteiger partial charge in [0.2, 0.25) is 0 Å². The first-order chi connectivity index (χ1) is 15.2. The molecule has 1 unspecified atom stereocenters. The number of aromatic nitrogens is 3. The summed E-state index contributed by atoms with van der Waals surface area (Å²) < 4.78 is 37.5. The van der Waals surface area contributed by atoms with Crippen LogP contribution >= 0.6 is 11.6 Å². The molecule has 32 heavy (non-hydrogen) atoms. The van der Waals surface area contributed by atoms with Crippen molar-refractivity contribution in [2.24, 2.45) is 0 Å². The minimum atomic E-state index is -3.21. The van der Waals surface area contributed by atoms with Gasteiger partial charge in [-0.1, -0.05) is 11.6 Å².